The van der Waals surface area contributed by atoms with Crippen molar-refractivity contribution in [1.82, 2.24) is 15.3 Å². The Kier molecular flexibility index (Phi) is 7.42. The Morgan fingerprint density at radius 3 is 2.38 bits per heavy atom. The fraction of sp³-hybridized carbons (Fsp3) is 0.500. The molecule has 2 aromatic rings. The minimum atomic E-state index is -4.75. The number of nitrogens with one attached hydrogen (secondary N) is 2. The van der Waals surface area contributed by atoms with Crippen molar-refractivity contribution in [1.29, 1.82) is 0 Å². The van der Waals surface area contributed by atoms with E-state index >= 15 is 0 Å². The summed E-state index contributed by atoms with van der Waals surface area (Å²) < 4.78 is 40.5. The maximum atomic E-state index is 12.3. The lowest BCUT2D eigenvalue weighted by Crippen LogP contribution is -2.34. The molecular weight excluding hydrogens is 423 g/mol. The monoisotopic (exact) mass is 451 g/mol. The molecule has 0 unspecified atom stereocenters. The molecule has 32 heavy (non-hydrogen) atoms. The Morgan fingerprint density at radius 2 is 1.78 bits per heavy atom. The molecule has 174 valence electrons. The second kappa shape index (κ2) is 10.1. The molecule has 0 bridgehead atoms. The number of alkyl halides is 3. The standard InChI is InChI=1S/C22H28F3N5O2/c1-14-27-19(12-20(28-14)30(2)3)29-17-8-4-15(5-9-17)13-26-21(31)16-6-10-18(11-7-16)32-22(23,24)25/h6-7,10-12,15,17H,4-5,8-9,13H2,1-3H3,(H,26,31)(H,27,28,29). The number of hydrogen-bond donors (Lipinski definition) is 2. The van der Waals surface area contributed by atoms with Crippen LogP contribution in [-0.4, -0.2) is 48.9 Å². The van der Waals surface area contributed by atoms with Crippen LogP contribution in [0.1, 0.15) is 41.9 Å². The number of halogens is 3. The first-order valence-corrected chi connectivity index (χ1v) is 10.5. The van der Waals surface area contributed by atoms with Gasteiger partial charge in [-0.2, -0.15) is 0 Å². The summed E-state index contributed by atoms with van der Waals surface area (Å²) in [5.41, 5.74) is 0.297. The zero-order valence-electron chi connectivity index (χ0n) is 18.4. The third-order valence-corrected chi connectivity index (χ3v) is 5.38. The number of aryl methyl sites for hydroxylation is 1. The van der Waals surface area contributed by atoms with Crippen molar-refractivity contribution in [2.24, 2.45) is 5.92 Å². The van der Waals surface area contributed by atoms with Crippen LogP contribution in [0.25, 0.3) is 0 Å². The Bertz CT molecular complexity index is 911. The molecule has 1 saturated carbocycles. The van der Waals surface area contributed by atoms with Gasteiger partial charge in [-0.3, -0.25) is 4.79 Å². The molecule has 0 spiro atoms. The molecule has 0 aliphatic heterocycles. The summed E-state index contributed by atoms with van der Waals surface area (Å²) in [5.74, 6) is 2.08. The van der Waals surface area contributed by atoms with Crippen molar-refractivity contribution >= 4 is 17.5 Å². The summed E-state index contributed by atoms with van der Waals surface area (Å²) in [4.78, 5) is 23.1. The first-order chi connectivity index (χ1) is 15.1. The number of benzene rings is 1. The molecule has 0 radical (unpaired) electrons. The summed E-state index contributed by atoms with van der Waals surface area (Å²) in [6.45, 7) is 2.40. The Labute approximate surface area is 185 Å². The second-order valence-electron chi connectivity index (χ2n) is 8.20. The maximum Gasteiger partial charge on any atom is 0.573 e. The van der Waals surface area contributed by atoms with Crippen LogP contribution in [0.2, 0.25) is 0 Å². The van der Waals surface area contributed by atoms with Gasteiger partial charge in [-0.1, -0.05) is 0 Å². The van der Waals surface area contributed by atoms with Crippen LogP contribution in [0, 0.1) is 12.8 Å². The maximum absolute atomic E-state index is 12.3. The topological polar surface area (TPSA) is 79.4 Å². The summed E-state index contributed by atoms with van der Waals surface area (Å²) >= 11 is 0. The Hall–Kier alpha value is -3.04. The fourth-order valence-corrected chi connectivity index (χ4v) is 3.72. The SMILES string of the molecule is Cc1nc(NC2CCC(CNC(=O)c3ccc(OC(F)(F)F)cc3)CC2)cc(N(C)C)n1. The third kappa shape index (κ3) is 7.00. The van der Waals surface area contributed by atoms with E-state index in [9.17, 15) is 18.0 Å². The molecule has 7 nitrogen and oxygen atoms in total. The van der Waals surface area contributed by atoms with Crippen molar-refractivity contribution in [3.8, 4) is 5.75 Å². The van der Waals surface area contributed by atoms with Gasteiger partial charge in [0.1, 0.15) is 23.2 Å². The third-order valence-electron chi connectivity index (χ3n) is 5.38. The number of carbonyl (C=O) groups excluding carboxylic acids is 1. The smallest absolute Gasteiger partial charge is 0.406 e. The van der Waals surface area contributed by atoms with Crippen LogP contribution in [-0.2, 0) is 0 Å². The van der Waals surface area contributed by atoms with Gasteiger partial charge in [0.05, 0.1) is 0 Å². The molecule has 1 aromatic heterocycles. The lowest BCUT2D eigenvalue weighted by atomic mass is 9.86. The molecular formula is C22H28F3N5O2. The Balaban J connectivity index is 1.44. The molecule has 1 heterocycles. The summed E-state index contributed by atoms with van der Waals surface area (Å²) in [7, 11) is 3.88. The predicted molar refractivity (Wildman–Crippen MR) is 116 cm³/mol. The van der Waals surface area contributed by atoms with Crippen LogP contribution >= 0.6 is 0 Å². The molecule has 0 atom stereocenters. The first kappa shape index (κ1) is 23.6. The number of ether oxygens (including phenoxy) is 1. The number of nitrogens with zero attached hydrogens (tertiary/aromatic N) is 3. The molecule has 2 N–H and O–H groups in total. The average molecular weight is 451 g/mol. The van der Waals surface area contributed by atoms with Crippen molar-refractivity contribution in [3.05, 3.63) is 41.7 Å². The average Bonchev–Trinajstić information content (AvgIpc) is 2.72. The van der Waals surface area contributed by atoms with E-state index in [1.54, 1.807) is 0 Å². The Morgan fingerprint density at radius 1 is 1.12 bits per heavy atom. The van der Waals surface area contributed by atoms with E-state index in [1.165, 1.54) is 12.1 Å². The van der Waals surface area contributed by atoms with E-state index in [2.05, 4.69) is 25.3 Å². The van der Waals surface area contributed by atoms with Crippen molar-refractivity contribution < 1.29 is 22.7 Å². The van der Waals surface area contributed by atoms with E-state index in [-0.39, 0.29) is 11.7 Å². The number of rotatable bonds is 7. The van der Waals surface area contributed by atoms with Gasteiger partial charge in [-0.25, -0.2) is 9.97 Å². The molecule has 0 saturated heterocycles. The fourth-order valence-electron chi connectivity index (χ4n) is 3.72. The largest absolute Gasteiger partial charge is 0.573 e. The normalized spacial score (nSPS) is 18.7. The number of anilines is 2. The zero-order valence-corrected chi connectivity index (χ0v) is 18.4. The first-order valence-electron chi connectivity index (χ1n) is 10.5. The number of aromatic nitrogens is 2. The predicted octanol–water partition coefficient (Wildman–Crippen LogP) is 4.15. The van der Waals surface area contributed by atoms with Gasteiger partial charge in [0, 0.05) is 38.3 Å². The van der Waals surface area contributed by atoms with E-state index in [0.29, 0.717) is 29.9 Å². The van der Waals surface area contributed by atoms with Gasteiger partial charge in [-0.05, 0) is 62.8 Å². The van der Waals surface area contributed by atoms with Gasteiger partial charge in [0.25, 0.3) is 5.91 Å². The second-order valence-corrected chi connectivity index (χ2v) is 8.20. The van der Waals surface area contributed by atoms with E-state index < -0.39 is 6.36 Å². The van der Waals surface area contributed by atoms with Gasteiger partial charge in [0.15, 0.2) is 0 Å². The zero-order chi connectivity index (χ0) is 23.3. The highest BCUT2D eigenvalue weighted by atomic mass is 19.4. The highest BCUT2D eigenvalue weighted by Crippen LogP contribution is 2.27. The van der Waals surface area contributed by atoms with E-state index in [0.717, 1.165) is 49.5 Å². The molecule has 10 heteroatoms. The summed E-state index contributed by atoms with van der Waals surface area (Å²) in [5, 5.41) is 6.37. The van der Waals surface area contributed by atoms with Crippen LogP contribution in [0.5, 0.6) is 5.75 Å². The van der Waals surface area contributed by atoms with Crippen LogP contribution in [0.3, 0.4) is 0 Å². The van der Waals surface area contributed by atoms with Crippen LogP contribution < -0.4 is 20.3 Å². The van der Waals surface area contributed by atoms with Gasteiger partial charge in [-0.15, -0.1) is 13.2 Å². The molecule has 1 aliphatic rings. The van der Waals surface area contributed by atoms with Crippen molar-refractivity contribution in [3.63, 3.8) is 0 Å². The van der Waals surface area contributed by atoms with E-state index in [1.807, 2.05) is 32.0 Å². The molecule has 1 aliphatic carbocycles. The summed E-state index contributed by atoms with van der Waals surface area (Å²) in [6, 6.07) is 7.16. The highest BCUT2D eigenvalue weighted by molar-refractivity contribution is 5.94. The summed E-state index contributed by atoms with van der Waals surface area (Å²) in [6.07, 6.45) is -0.908. The van der Waals surface area contributed by atoms with Gasteiger partial charge >= 0.3 is 6.36 Å². The quantitative estimate of drug-likeness (QED) is 0.659. The number of carbonyl (C=O) groups is 1. The number of amides is 1. The van der Waals surface area contributed by atoms with Gasteiger partial charge < -0.3 is 20.3 Å². The lowest BCUT2D eigenvalue weighted by Gasteiger charge is -2.29. The minimum Gasteiger partial charge on any atom is -0.406 e. The molecule has 1 aromatic carbocycles. The lowest BCUT2D eigenvalue weighted by molar-refractivity contribution is -0.274. The highest BCUT2D eigenvalue weighted by Gasteiger charge is 2.31. The number of hydrogen-bond acceptors (Lipinski definition) is 6. The van der Waals surface area contributed by atoms with E-state index in [4.69, 9.17) is 0 Å². The molecule has 1 amide bonds. The molecule has 1 fully saturated rings. The molecule has 3 rings (SSSR count). The van der Waals surface area contributed by atoms with Crippen molar-refractivity contribution in [2.75, 3.05) is 30.9 Å². The van der Waals surface area contributed by atoms with Gasteiger partial charge in [0.2, 0.25) is 0 Å². The van der Waals surface area contributed by atoms with Crippen LogP contribution in [0.15, 0.2) is 30.3 Å². The van der Waals surface area contributed by atoms with Crippen molar-refractivity contribution in [2.45, 2.75) is 45.0 Å². The minimum absolute atomic E-state index is 0.297. The van der Waals surface area contributed by atoms with Crippen LogP contribution in [0.4, 0.5) is 24.8 Å².